The van der Waals surface area contributed by atoms with Crippen molar-refractivity contribution in [3.05, 3.63) is 0 Å². The van der Waals surface area contributed by atoms with Gasteiger partial charge in [0.15, 0.2) is 0 Å². The molecule has 1 unspecified atom stereocenters. The van der Waals surface area contributed by atoms with E-state index in [1.54, 1.807) is 6.92 Å². The Hall–Kier alpha value is -0.460. The highest BCUT2D eigenvalue weighted by atomic mass is 32.3. The molecule has 6 heteroatoms. The molecule has 54 valence electrons. The molecule has 0 aromatic heterocycles. The molecule has 1 aliphatic rings. The third-order valence-electron chi connectivity index (χ3n) is 0.778. The summed E-state index contributed by atoms with van der Waals surface area (Å²) in [6.45, 7) is 1.62. The van der Waals surface area contributed by atoms with Crippen LogP contribution in [0.25, 0.3) is 0 Å². The molecule has 0 fully saturated rings. The van der Waals surface area contributed by atoms with E-state index in [1.807, 2.05) is 0 Å². The maximum atomic E-state index is 9.08. The summed E-state index contributed by atoms with van der Waals surface area (Å²) in [6.07, 6.45) is 0. The maximum absolute atomic E-state index is 9.08. The number of hydrogen-bond acceptors (Lipinski definition) is 5. The highest BCUT2D eigenvalue weighted by molar-refractivity contribution is 8.19. The Morgan fingerprint density at radius 3 is 2.78 bits per heavy atom. The number of hydrogen-bond donors (Lipinski definition) is 2. The molecule has 0 saturated heterocycles. The van der Waals surface area contributed by atoms with Gasteiger partial charge in [0.05, 0.1) is 7.11 Å². The zero-order valence-corrected chi connectivity index (χ0v) is 5.94. The average molecular weight is 152 g/mol. The van der Waals surface area contributed by atoms with Crippen molar-refractivity contribution in [2.45, 2.75) is 6.92 Å². The second-order valence-electron chi connectivity index (χ2n) is 1.45. The summed E-state index contributed by atoms with van der Waals surface area (Å²) in [5.41, 5.74) is 0. The molecule has 0 aromatic rings. The first-order valence-corrected chi connectivity index (χ1v) is 3.72. The van der Waals surface area contributed by atoms with Crippen LogP contribution in [0.5, 0.6) is 0 Å². The summed E-state index contributed by atoms with van der Waals surface area (Å²) in [5.74, 6) is 0.384. The van der Waals surface area contributed by atoms with E-state index in [0.717, 1.165) is 0 Å². The first-order chi connectivity index (χ1) is 4.16. The first kappa shape index (κ1) is 6.66. The minimum absolute atomic E-state index is 0.384. The van der Waals surface area contributed by atoms with Crippen LogP contribution in [0.2, 0.25) is 0 Å². The third kappa shape index (κ3) is 1.26. The van der Waals surface area contributed by atoms with Crippen LogP contribution in [0.3, 0.4) is 0 Å². The van der Waals surface area contributed by atoms with Crippen molar-refractivity contribution < 1.29 is 12.9 Å². The highest BCUT2D eigenvalue weighted by Gasteiger charge is 2.27. The number of nitrogens with one attached hydrogen (secondary N) is 1. The van der Waals surface area contributed by atoms with E-state index in [4.69, 9.17) is 8.74 Å². The second kappa shape index (κ2) is 2.05. The van der Waals surface area contributed by atoms with Gasteiger partial charge in [0.1, 0.15) is 0 Å². The Morgan fingerprint density at radius 1 is 1.89 bits per heavy atom. The summed E-state index contributed by atoms with van der Waals surface area (Å²) < 4.78 is 18.4. The topological polar surface area (TPSA) is 63.1 Å². The molecule has 0 bridgehead atoms. The van der Waals surface area contributed by atoms with Gasteiger partial charge in [0.25, 0.3) is 0 Å². The molecule has 9 heavy (non-hydrogen) atoms. The molecule has 1 aliphatic heterocycles. The Bertz CT molecular complexity index is 150. The van der Waals surface area contributed by atoms with Crippen molar-refractivity contribution in [3.8, 4) is 0 Å². The van der Waals surface area contributed by atoms with E-state index in [2.05, 4.69) is 14.1 Å². The van der Waals surface area contributed by atoms with Crippen LogP contribution in [0, 0.1) is 0 Å². The third-order valence-corrected chi connectivity index (χ3v) is 2.02. The minimum atomic E-state index is -2.54. The molecule has 1 heterocycles. The van der Waals surface area contributed by atoms with Crippen molar-refractivity contribution >= 4 is 17.0 Å². The fourth-order valence-corrected chi connectivity index (χ4v) is 1.18. The second-order valence-corrected chi connectivity index (χ2v) is 3.08. The van der Waals surface area contributed by atoms with Crippen LogP contribution in [0.4, 0.5) is 0 Å². The van der Waals surface area contributed by atoms with E-state index < -0.39 is 11.1 Å². The van der Waals surface area contributed by atoms with Gasteiger partial charge < -0.3 is 4.18 Å². The molecule has 1 rings (SSSR count). The lowest BCUT2D eigenvalue weighted by molar-refractivity contribution is 0.321. The standard InChI is InChI=1S/C3H8N2O3S/c1-3-4-5-9(6,7-2)8-3/h5-6H,1-2H3. The fraction of sp³-hybridized carbons (Fsp3) is 0.667. The summed E-state index contributed by atoms with van der Waals surface area (Å²) >= 11 is -2.54. The largest absolute Gasteiger partial charge is 0.370 e. The Morgan fingerprint density at radius 2 is 2.56 bits per heavy atom. The lowest BCUT2D eigenvalue weighted by Crippen LogP contribution is -2.12. The van der Waals surface area contributed by atoms with Crippen molar-refractivity contribution in [1.29, 1.82) is 0 Å². The molecule has 2 N–H and O–H groups in total. The van der Waals surface area contributed by atoms with Crippen LogP contribution >= 0.6 is 11.1 Å². The van der Waals surface area contributed by atoms with Gasteiger partial charge in [-0.3, -0.25) is 8.74 Å². The Kier molecular flexibility index (Phi) is 1.52. The summed E-state index contributed by atoms with van der Waals surface area (Å²) in [7, 11) is 1.34. The smallest absolute Gasteiger partial charge is 0.248 e. The highest BCUT2D eigenvalue weighted by Crippen LogP contribution is 2.43. The van der Waals surface area contributed by atoms with E-state index in [1.165, 1.54) is 7.11 Å². The fourth-order valence-electron chi connectivity index (χ4n) is 0.394. The van der Waals surface area contributed by atoms with Gasteiger partial charge in [-0.1, -0.05) is 0 Å². The first-order valence-electron chi connectivity index (χ1n) is 2.28. The van der Waals surface area contributed by atoms with Crippen LogP contribution < -0.4 is 4.83 Å². The van der Waals surface area contributed by atoms with Crippen LogP contribution in [-0.4, -0.2) is 17.6 Å². The van der Waals surface area contributed by atoms with Gasteiger partial charge in [-0.15, -0.1) is 5.10 Å². The molecule has 0 aromatic carbocycles. The molecule has 5 nitrogen and oxygen atoms in total. The Labute approximate surface area is 54.7 Å². The number of rotatable bonds is 1. The van der Waals surface area contributed by atoms with Gasteiger partial charge >= 0.3 is 0 Å². The lowest BCUT2D eigenvalue weighted by atomic mass is 10.8. The number of nitrogens with zero attached hydrogens (tertiary/aromatic N) is 1. The summed E-state index contributed by atoms with van der Waals surface area (Å²) in [4.78, 5) is 2.31. The van der Waals surface area contributed by atoms with Gasteiger partial charge in [0.2, 0.25) is 17.0 Å². The molecule has 0 aliphatic carbocycles. The molecular formula is C3H8N2O3S. The monoisotopic (exact) mass is 152 g/mol. The SMILES string of the molecule is COS1(O)NN=C(C)O1. The van der Waals surface area contributed by atoms with Gasteiger partial charge in [-0.2, -0.15) is 4.83 Å². The van der Waals surface area contributed by atoms with Crippen molar-refractivity contribution in [1.82, 2.24) is 4.83 Å². The van der Waals surface area contributed by atoms with Gasteiger partial charge in [-0.05, 0) is 0 Å². The predicted molar refractivity (Wildman–Crippen MR) is 34.6 cm³/mol. The zero-order chi connectivity index (χ0) is 6.91. The average Bonchev–Trinajstić information content (AvgIpc) is 2.13. The molecule has 0 saturated carbocycles. The predicted octanol–water partition coefficient (Wildman–Crippen LogP) is 0.609. The minimum Gasteiger partial charge on any atom is -0.370 e. The van der Waals surface area contributed by atoms with E-state index in [0.29, 0.717) is 5.90 Å². The molecular weight excluding hydrogens is 144 g/mol. The molecule has 1 atom stereocenters. The van der Waals surface area contributed by atoms with E-state index in [9.17, 15) is 0 Å². The van der Waals surface area contributed by atoms with Crippen molar-refractivity contribution in [2.24, 2.45) is 5.10 Å². The zero-order valence-electron chi connectivity index (χ0n) is 5.12. The molecule has 0 amide bonds. The van der Waals surface area contributed by atoms with E-state index in [-0.39, 0.29) is 0 Å². The van der Waals surface area contributed by atoms with E-state index >= 15 is 0 Å². The van der Waals surface area contributed by atoms with Crippen LogP contribution in [0.1, 0.15) is 6.92 Å². The lowest BCUT2D eigenvalue weighted by Gasteiger charge is -2.21. The normalized spacial score (nSPS) is 40.1. The quantitative estimate of drug-likeness (QED) is 0.577. The molecule has 0 spiro atoms. The van der Waals surface area contributed by atoms with Crippen LogP contribution in [0.15, 0.2) is 5.10 Å². The van der Waals surface area contributed by atoms with Crippen LogP contribution in [-0.2, 0) is 8.37 Å². The van der Waals surface area contributed by atoms with Crippen molar-refractivity contribution in [3.63, 3.8) is 0 Å². The van der Waals surface area contributed by atoms with Gasteiger partial charge in [0, 0.05) is 6.92 Å². The maximum Gasteiger partial charge on any atom is 0.248 e. The van der Waals surface area contributed by atoms with Gasteiger partial charge in [-0.25, -0.2) is 0 Å². The Balaban J connectivity index is 2.53. The summed E-state index contributed by atoms with van der Waals surface area (Å²) in [6, 6.07) is 0. The number of hydrazone groups is 1. The van der Waals surface area contributed by atoms with Crippen molar-refractivity contribution in [2.75, 3.05) is 7.11 Å². The summed E-state index contributed by atoms with van der Waals surface area (Å²) in [5, 5.41) is 3.57. The molecule has 0 radical (unpaired) electrons.